The summed E-state index contributed by atoms with van der Waals surface area (Å²) in [5.74, 6) is -0.839. The molecule has 0 radical (unpaired) electrons. The van der Waals surface area contributed by atoms with Crippen LogP contribution in [0.25, 0.3) is 10.9 Å². The lowest BCUT2D eigenvalue weighted by Gasteiger charge is -2.28. The van der Waals surface area contributed by atoms with E-state index in [2.05, 4.69) is 17.1 Å². The number of esters is 1. The molecule has 3 aromatic rings. The Morgan fingerprint density at radius 2 is 1.97 bits per heavy atom. The molecule has 0 aliphatic carbocycles. The van der Waals surface area contributed by atoms with Crippen molar-refractivity contribution in [3.05, 3.63) is 70.4 Å². The number of amides is 1. The Morgan fingerprint density at radius 1 is 1.16 bits per heavy atom. The highest BCUT2D eigenvalue weighted by Gasteiger charge is 2.26. The first-order chi connectivity index (χ1) is 15.0. The van der Waals surface area contributed by atoms with Crippen LogP contribution in [0.1, 0.15) is 39.7 Å². The number of carbonyl (C=O) groups excluding carboxylic acids is 2. The second-order valence-electron chi connectivity index (χ2n) is 7.99. The minimum absolute atomic E-state index is 0.338. The Morgan fingerprint density at radius 3 is 2.77 bits per heavy atom. The molecule has 0 atom stereocenters. The fourth-order valence-electron chi connectivity index (χ4n) is 4.01. The van der Waals surface area contributed by atoms with Gasteiger partial charge in [0.05, 0.1) is 11.1 Å². The summed E-state index contributed by atoms with van der Waals surface area (Å²) >= 11 is 0. The van der Waals surface area contributed by atoms with Crippen molar-refractivity contribution in [2.75, 3.05) is 25.0 Å². The number of nitrogens with zero attached hydrogens (tertiary/aromatic N) is 2. The van der Waals surface area contributed by atoms with Crippen LogP contribution in [0.4, 0.5) is 5.69 Å². The Bertz CT molecular complexity index is 1160. The third-order valence-corrected chi connectivity index (χ3v) is 5.78. The number of ether oxygens (including phenoxy) is 1. The van der Waals surface area contributed by atoms with Crippen LogP contribution in [0.15, 0.2) is 42.5 Å². The monoisotopic (exact) mass is 417 g/mol. The number of benzene rings is 2. The van der Waals surface area contributed by atoms with Gasteiger partial charge in [-0.3, -0.25) is 14.7 Å². The van der Waals surface area contributed by atoms with Crippen molar-refractivity contribution >= 4 is 28.5 Å². The molecule has 160 valence electrons. The molecular formula is C25H27N3O3. The molecule has 6 nitrogen and oxygen atoms in total. The van der Waals surface area contributed by atoms with Gasteiger partial charge in [0.2, 0.25) is 0 Å². The SMILES string of the molecule is CCN1CCc2nc3ccccc3c(C(=O)OCC(=O)Nc3cc(C)ccc3C)c2C1. The fourth-order valence-corrected chi connectivity index (χ4v) is 4.01. The maximum atomic E-state index is 13.2. The van der Waals surface area contributed by atoms with E-state index < -0.39 is 5.97 Å². The number of likely N-dealkylation sites (N-methyl/N-ethyl adjacent to an activating group) is 1. The first-order valence-corrected chi connectivity index (χ1v) is 10.6. The number of hydrogen-bond donors (Lipinski definition) is 1. The Kier molecular flexibility index (Phi) is 6.00. The number of pyridine rings is 1. The van der Waals surface area contributed by atoms with Crippen LogP contribution in [-0.2, 0) is 22.5 Å². The summed E-state index contributed by atoms with van der Waals surface area (Å²) in [5.41, 5.74) is 5.89. The number of rotatable bonds is 5. The van der Waals surface area contributed by atoms with Crippen LogP contribution in [-0.4, -0.2) is 41.5 Å². The molecule has 1 aliphatic rings. The van der Waals surface area contributed by atoms with Gasteiger partial charge in [-0.2, -0.15) is 0 Å². The minimum atomic E-state index is -0.482. The molecule has 2 aromatic carbocycles. The molecule has 4 rings (SSSR count). The third-order valence-electron chi connectivity index (χ3n) is 5.78. The van der Waals surface area contributed by atoms with Gasteiger partial charge in [-0.05, 0) is 43.7 Å². The zero-order chi connectivity index (χ0) is 22.0. The first-order valence-electron chi connectivity index (χ1n) is 10.6. The zero-order valence-corrected chi connectivity index (χ0v) is 18.2. The van der Waals surface area contributed by atoms with Crippen molar-refractivity contribution in [1.82, 2.24) is 9.88 Å². The molecule has 1 amide bonds. The van der Waals surface area contributed by atoms with Gasteiger partial charge >= 0.3 is 5.97 Å². The van der Waals surface area contributed by atoms with Crippen molar-refractivity contribution in [3.63, 3.8) is 0 Å². The van der Waals surface area contributed by atoms with Crippen LogP contribution in [0.2, 0.25) is 0 Å². The molecule has 1 aliphatic heterocycles. The van der Waals surface area contributed by atoms with E-state index in [1.165, 1.54) is 0 Å². The summed E-state index contributed by atoms with van der Waals surface area (Å²) in [6.45, 7) is 8.13. The van der Waals surface area contributed by atoms with Crippen LogP contribution >= 0.6 is 0 Å². The van der Waals surface area contributed by atoms with E-state index in [-0.39, 0.29) is 12.5 Å². The molecule has 31 heavy (non-hydrogen) atoms. The maximum Gasteiger partial charge on any atom is 0.339 e. The average molecular weight is 418 g/mol. The van der Waals surface area contributed by atoms with E-state index >= 15 is 0 Å². The Hall–Kier alpha value is -3.25. The third kappa shape index (κ3) is 4.44. The number of carbonyl (C=O) groups is 2. The molecular weight excluding hydrogens is 390 g/mol. The molecule has 0 bridgehead atoms. The number of para-hydroxylation sites is 1. The summed E-state index contributed by atoms with van der Waals surface area (Å²) < 4.78 is 5.48. The van der Waals surface area contributed by atoms with Crippen LogP contribution in [0, 0.1) is 13.8 Å². The van der Waals surface area contributed by atoms with Crippen molar-refractivity contribution in [3.8, 4) is 0 Å². The number of aryl methyl sites for hydroxylation is 2. The van der Waals surface area contributed by atoms with Crippen molar-refractivity contribution in [2.45, 2.75) is 33.7 Å². The molecule has 1 aromatic heterocycles. The summed E-state index contributed by atoms with van der Waals surface area (Å²) in [4.78, 5) is 32.7. The standard InChI is InChI=1S/C25H27N3O3/c1-4-28-12-11-21-19(14-28)24(18-7-5-6-8-20(18)26-21)25(30)31-15-23(29)27-22-13-16(2)9-10-17(22)3/h5-10,13H,4,11-12,14-15H2,1-3H3,(H,27,29). The average Bonchev–Trinajstić information content (AvgIpc) is 2.78. The molecule has 6 heteroatoms. The molecule has 0 spiro atoms. The summed E-state index contributed by atoms with van der Waals surface area (Å²) in [7, 11) is 0. The second-order valence-corrected chi connectivity index (χ2v) is 7.99. The van der Waals surface area contributed by atoms with Gasteiger partial charge in [-0.1, -0.05) is 37.3 Å². The highest BCUT2D eigenvalue weighted by Crippen LogP contribution is 2.28. The Balaban J connectivity index is 1.57. The van der Waals surface area contributed by atoms with Crippen LogP contribution in [0.3, 0.4) is 0 Å². The normalized spacial score (nSPS) is 13.6. The molecule has 1 N–H and O–H groups in total. The number of aromatic nitrogens is 1. The first kappa shape index (κ1) is 21.0. The van der Waals surface area contributed by atoms with Crippen molar-refractivity contribution in [2.24, 2.45) is 0 Å². The van der Waals surface area contributed by atoms with Gasteiger partial charge in [0.25, 0.3) is 5.91 Å². The van der Waals surface area contributed by atoms with E-state index in [0.29, 0.717) is 12.1 Å². The number of hydrogen-bond acceptors (Lipinski definition) is 5. The highest BCUT2D eigenvalue weighted by atomic mass is 16.5. The lowest BCUT2D eigenvalue weighted by atomic mass is 9.96. The molecule has 2 heterocycles. The topological polar surface area (TPSA) is 71.5 Å². The quantitative estimate of drug-likeness (QED) is 0.635. The molecule has 0 fully saturated rings. The molecule has 0 saturated heterocycles. The fraction of sp³-hybridized carbons (Fsp3) is 0.320. The van der Waals surface area contributed by atoms with E-state index in [1.807, 2.05) is 56.3 Å². The van der Waals surface area contributed by atoms with Crippen molar-refractivity contribution < 1.29 is 14.3 Å². The Labute approximate surface area is 182 Å². The van der Waals surface area contributed by atoms with Gasteiger partial charge in [0.1, 0.15) is 0 Å². The number of fused-ring (bicyclic) bond motifs is 2. The summed E-state index contributed by atoms with van der Waals surface area (Å²) in [6.07, 6.45) is 0.793. The number of anilines is 1. The minimum Gasteiger partial charge on any atom is -0.452 e. The summed E-state index contributed by atoms with van der Waals surface area (Å²) in [6, 6.07) is 13.4. The maximum absolute atomic E-state index is 13.2. The van der Waals surface area contributed by atoms with Gasteiger partial charge in [0, 0.05) is 41.8 Å². The lowest BCUT2D eigenvalue weighted by Crippen LogP contribution is -2.32. The van der Waals surface area contributed by atoms with Gasteiger partial charge in [0.15, 0.2) is 6.61 Å². The lowest BCUT2D eigenvalue weighted by molar-refractivity contribution is -0.119. The van der Waals surface area contributed by atoms with Gasteiger partial charge in [-0.25, -0.2) is 4.79 Å². The van der Waals surface area contributed by atoms with E-state index in [1.54, 1.807) is 0 Å². The number of nitrogens with one attached hydrogen (secondary N) is 1. The second kappa shape index (κ2) is 8.86. The van der Waals surface area contributed by atoms with E-state index in [9.17, 15) is 9.59 Å². The van der Waals surface area contributed by atoms with Crippen molar-refractivity contribution in [1.29, 1.82) is 0 Å². The summed E-state index contributed by atoms with van der Waals surface area (Å²) in [5, 5.41) is 3.60. The van der Waals surface area contributed by atoms with Gasteiger partial charge in [-0.15, -0.1) is 0 Å². The van der Waals surface area contributed by atoms with E-state index in [0.717, 1.165) is 58.5 Å². The van der Waals surface area contributed by atoms with Crippen LogP contribution in [0.5, 0.6) is 0 Å². The smallest absolute Gasteiger partial charge is 0.339 e. The van der Waals surface area contributed by atoms with Crippen LogP contribution < -0.4 is 5.32 Å². The zero-order valence-electron chi connectivity index (χ0n) is 18.2. The highest BCUT2D eigenvalue weighted by molar-refractivity contribution is 6.06. The van der Waals surface area contributed by atoms with Gasteiger partial charge < -0.3 is 10.1 Å². The largest absolute Gasteiger partial charge is 0.452 e. The van der Waals surface area contributed by atoms with E-state index in [4.69, 9.17) is 9.72 Å². The molecule has 0 saturated carbocycles. The predicted octanol–water partition coefficient (Wildman–Crippen LogP) is 4.03. The molecule has 0 unspecified atom stereocenters. The predicted molar refractivity (Wildman–Crippen MR) is 121 cm³/mol.